The highest BCUT2D eigenvalue weighted by Gasteiger charge is 2.61. The molecule has 162 valence electrons. The van der Waals surface area contributed by atoms with Gasteiger partial charge in [0.25, 0.3) is 5.91 Å². The van der Waals surface area contributed by atoms with Gasteiger partial charge in [-0.05, 0) is 30.7 Å². The fraction of sp³-hybridized carbons (Fsp3) is 0.381. The van der Waals surface area contributed by atoms with Crippen LogP contribution < -0.4 is 0 Å². The number of benzene rings is 1. The van der Waals surface area contributed by atoms with E-state index in [1.165, 1.54) is 6.20 Å². The maximum Gasteiger partial charge on any atom is 0.332 e. The number of amidine groups is 1. The summed E-state index contributed by atoms with van der Waals surface area (Å²) < 4.78 is 0. The third-order valence-electron chi connectivity index (χ3n) is 5.74. The van der Waals surface area contributed by atoms with Gasteiger partial charge in [-0.2, -0.15) is 5.10 Å². The molecule has 1 aliphatic carbocycles. The highest BCUT2D eigenvalue weighted by atomic mass is 35.5. The Hall–Kier alpha value is -3.04. The Kier molecular flexibility index (Phi) is 5.88. The van der Waals surface area contributed by atoms with Crippen molar-refractivity contribution in [1.82, 2.24) is 20.0 Å². The standard InChI is InChI=1S/C21H22ClN5O4/c22-16-5-2-1-4-15(16)19(29)27-10-8-26(9-11-27)18(17-6-3-7-23-25-17)24-21(20(30)31)12-14(21)13-28/h1-7,14,28H,8-13H2,(H,30,31). The van der Waals surface area contributed by atoms with Crippen molar-refractivity contribution >= 4 is 29.3 Å². The fourth-order valence-electron chi connectivity index (χ4n) is 3.81. The number of carboxylic acid groups (broad SMARTS) is 1. The molecule has 9 nitrogen and oxygen atoms in total. The summed E-state index contributed by atoms with van der Waals surface area (Å²) in [4.78, 5) is 32.9. The summed E-state index contributed by atoms with van der Waals surface area (Å²) in [5, 5.41) is 27.6. The van der Waals surface area contributed by atoms with Crippen molar-refractivity contribution < 1.29 is 19.8 Å². The lowest BCUT2D eigenvalue weighted by atomic mass is 10.1. The number of piperazine rings is 1. The average Bonchev–Trinajstić information content (AvgIpc) is 3.53. The molecule has 0 bridgehead atoms. The number of halogens is 1. The van der Waals surface area contributed by atoms with Crippen LogP contribution in [0.5, 0.6) is 0 Å². The lowest BCUT2D eigenvalue weighted by Gasteiger charge is -2.36. The molecule has 31 heavy (non-hydrogen) atoms. The van der Waals surface area contributed by atoms with Crippen LogP contribution >= 0.6 is 11.6 Å². The number of aliphatic carboxylic acids is 1. The summed E-state index contributed by atoms with van der Waals surface area (Å²) >= 11 is 6.17. The van der Waals surface area contributed by atoms with E-state index in [2.05, 4.69) is 15.2 Å². The van der Waals surface area contributed by atoms with Crippen LogP contribution in [0.4, 0.5) is 0 Å². The number of nitrogens with zero attached hydrogens (tertiary/aromatic N) is 5. The molecule has 1 aromatic heterocycles. The summed E-state index contributed by atoms with van der Waals surface area (Å²) in [5.74, 6) is -1.23. The van der Waals surface area contributed by atoms with E-state index in [1.807, 2.05) is 4.90 Å². The number of amides is 1. The Morgan fingerprint density at radius 3 is 2.42 bits per heavy atom. The summed E-state index contributed by atoms with van der Waals surface area (Å²) in [6.07, 6.45) is 1.80. The molecule has 2 N–H and O–H groups in total. The molecule has 0 spiro atoms. The van der Waals surface area contributed by atoms with Gasteiger partial charge < -0.3 is 20.0 Å². The maximum absolute atomic E-state index is 12.8. The van der Waals surface area contributed by atoms with Crippen LogP contribution in [0, 0.1) is 5.92 Å². The lowest BCUT2D eigenvalue weighted by molar-refractivity contribution is -0.140. The van der Waals surface area contributed by atoms with Gasteiger partial charge in [0.2, 0.25) is 0 Å². The van der Waals surface area contributed by atoms with Gasteiger partial charge in [-0.15, -0.1) is 5.10 Å². The zero-order chi connectivity index (χ0) is 22.0. The highest BCUT2D eigenvalue weighted by molar-refractivity contribution is 6.33. The Morgan fingerprint density at radius 2 is 1.84 bits per heavy atom. The van der Waals surface area contributed by atoms with Crippen LogP contribution in [-0.2, 0) is 4.79 Å². The van der Waals surface area contributed by atoms with Crippen LogP contribution in [-0.4, -0.2) is 86.2 Å². The molecule has 1 aromatic carbocycles. The predicted octanol–water partition coefficient (Wildman–Crippen LogP) is 1.17. The van der Waals surface area contributed by atoms with Crippen LogP contribution in [0.3, 0.4) is 0 Å². The van der Waals surface area contributed by atoms with Crippen molar-refractivity contribution in [3.8, 4) is 0 Å². The highest BCUT2D eigenvalue weighted by Crippen LogP contribution is 2.47. The quantitative estimate of drug-likeness (QED) is 0.525. The normalized spacial score (nSPS) is 23.5. The van der Waals surface area contributed by atoms with E-state index in [0.29, 0.717) is 48.3 Å². The van der Waals surface area contributed by atoms with Crippen LogP contribution in [0.25, 0.3) is 0 Å². The van der Waals surface area contributed by atoms with Crippen molar-refractivity contribution in [2.75, 3.05) is 32.8 Å². The summed E-state index contributed by atoms with van der Waals surface area (Å²) in [6, 6.07) is 10.4. The number of aliphatic hydroxyl groups excluding tert-OH is 1. The minimum absolute atomic E-state index is 0.146. The topological polar surface area (TPSA) is 119 Å². The second-order valence-corrected chi connectivity index (χ2v) is 8.02. The smallest absolute Gasteiger partial charge is 0.332 e. The Morgan fingerprint density at radius 1 is 1.13 bits per heavy atom. The molecule has 1 aliphatic heterocycles. The molecule has 1 saturated carbocycles. The number of aliphatic hydroxyl groups is 1. The second kappa shape index (κ2) is 8.60. The monoisotopic (exact) mass is 443 g/mol. The van der Waals surface area contributed by atoms with E-state index < -0.39 is 17.4 Å². The van der Waals surface area contributed by atoms with E-state index in [-0.39, 0.29) is 18.9 Å². The number of carbonyl (C=O) groups is 2. The van der Waals surface area contributed by atoms with E-state index in [4.69, 9.17) is 11.6 Å². The van der Waals surface area contributed by atoms with Crippen LogP contribution in [0.2, 0.25) is 5.02 Å². The molecule has 2 aromatic rings. The SMILES string of the molecule is O=C(c1ccccc1Cl)N1CCN(C(=NC2(C(=O)O)CC2CO)c2cccnn2)CC1. The van der Waals surface area contributed by atoms with Gasteiger partial charge in [0.1, 0.15) is 5.69 Å². The number of hydrogen-bond acceptors (Lipinski definition) is 6. The molecule has 2 aliphatic rings. The number of hydrogen-bond donors (Lipinski definition) is 2. The van der Waals surface area contributed by atoms with Gasteiger partial charge in [0, 0.05) is 44.9 Å². The van der Waals surface area contributed by atoms with Gasteiger partial charge in [0.05, 0.1) is 10.6 Å². The number of carbonyl (C=O) groups excluding carboxylic acids is 1. The molecule has 1 amide bonds. The van der Waals surface area contributed by atoms with E-state index in [1.54, 1.807) is 41.3 Å². The first kappa shape index (κ1) is 21.2. The molecule has 10 heteroatoms. The molecule has 2 heterocycles. The van der Waals surface area contributed by atoms with Crippen LogP contribution in [0.15, 0.2) is 47.6 Å². The predicted molar refractivity (Wildman–Crippen MR) is 113 cm³/mol. The largest absolute Gasteiger partial charge is 0.479 e. The Balaban J connectivity index is 1.56. The lowest BCUT2D eigenvalue weighted by Crippen LogP contribution is -2.51. The first-order chi connectivity index (χ1) is 15.0. The molecule has 1 saturated heterocycles. The second-order valence-electron chi connectivity index (χ2n) is 7.62. The molecule has 0 radical (unpaired) electrons. The zero-order valence-electron chi connectivity index (χ0n) is 16.7. The first-order valence-corrected chi connectivity index (χ1v) is 10.3. The summed E-state index contributed by atoms with van der Waals surface area (Å²) in [5.41, 5.74) is -0.446. The van der Waals surface area contributed by atoms with Gasteiger partial charge >= 0.3 is 5.97 Å². The number of aromatic nitrogens is 2. The Labute approximate surface area is 184 Å². The van der Waals surface area contributed by atoms with Crippen molar-refractivity contribution in [2.45, 2.75) is 12.0 Å². The molecular formula is C21H22ClN5O4. The van der Waals surface area contributed by atoms with Crippen LogP contribution in [0.1, 0.15) is 22.5 Å². The number of rotatable bonds is 5. The molecule has 2 fully saturated rings. The molecule has 4 rings (SSSR count). The van der Waals surface area contributed by atoms with Crippen molar-refractivity contribution in [2.24, 2.45) is 10.9 Å². The van der Waals surface area contributed by atoms with Gasteiger partial charge in [-0.3, -0.25) is 4.79 Å². The maximum atomic E-state index is 12.8. The minimum Gasteiger partial charge on any atom is -0.479 e. The van der Waals surface area contributed by atoms with E-state index >= 15 is 0 Å². The van der Waals surface area contributed by atoms with Crippen molar-refractivity contribution in [1.29, 1.82) is 0 Å². The third-order valence-corrected chi connectivity index (χ3v) is 6.07. The van der Waals surface area contributed by atoms with Crippen molar-refractivity contribution in [3.05, 3.63) is 58.9 Å². The minimum atomic E-state index is -1.36. The number of carboxylic acids is 1. The molecule has 2 atom stereocenters. The average molecular weight is 444 g/mol. The van der Waals surface area contributed by atoms with E-state index in [0.717, 1.165) is 0 Å². The first-order valence-electron chi connectivity index (χ1n) is 9.97. The molecule has 2 unspecified atom stereocenters. The third kappa shape index (κ3) is 4.11. The van der Waals surface area contributed by atoms with E-state index in [9.17, 15) is 19.8 Å². The summed E-state index contributed by atoms with van der Waals surface area (Å²) in [7, 11) is 0. The van der Waals surface area contributed by atoms with Gasteiger partial charge in [-0.25, -0.2) is 9.79 Å². The molecular weight excluding hydrogens is 422 g/mol. The zero-order valence-corrected chi connectivity index (χ0v) is 17.4. The van der Waals surface area contributed by atoms with Crippen molar-refractivity contribution in [3.63, 3.8) is 0 Å². The Bertz CT molecular complexity index is 1010. The summed E-state index contributed by atoms with van der Waals surface area (Å²) in [6.45, 7) is 1.50. The number of aliphatic imine (C=N–C) groups is 1. The van der Waals surface area contributed by atoms with Gasteiger partial charge in [-0.1, -0.05) is 23.7 Å². The van der Waals surface area contributed by atoms with Gasteiger partial charge in [0.15, 0.2) is 11.4 Å². The fourth-order valence-corrected chi connectivity index (χ4v) is 4.02.